The van der Waals surface area contributed by atoms with Gasteiger partial charge in [0.25, 0.3) is 0 Å². The molecule has 0 atom stereocenters. The van der Waals surface area contributed by atoms with Gasteiger partial charge in [-0.3, -0.25) is 0 Å². The summed E-state index contributed by atoms with van der Waals surface area (Å²) in [5, 5.41) is 0. The Balaban J connectivity index is 1.78. The van der Waals surface area contributed by atoms with Crippen LogP contribution in [0.4, 0.5) is 10.1 Å². The number of fused-ring (bicyclic) bond motifs is 1. The lowest BCUT2D eigenvalue weighted by Crippen LogP contribution is -2.34. The zero-order chi connectivity index (χ0) is 16.4. The summed E-state index contributed by atoms with van der Waals surface area (Å²) in [7, 11) is -3.38. The topological polar surface area (TPSA) is 37.4 Å². The van der Waals surface area contributed by atoms with Crippen LogP contribution in [0.1, 0.15) is 12.0 Å². The number of para-hydroxylation sites is 1. The second kappa shape index (κ2) is 6.61. The van der Waals surface area contributed by atoms with Gasteiger partial charge in [0.15, 0.2) is 9.84 Å². The average Bonchev–Trinajstić information content (AvgIpc) is 2.53. The van der Waals surface area contributed by atoms with Crippen LogP contribution < -0.4 is 4.90 Å². The second-order valence-corrected chi connectivity index (χ2v) is 8.64. The maximum absolute atomic E-state index is 14.1. The quantitative estimate of drug-likeness (QED) is 0.786. The fraction of sp³-hybridized carbons (Fsp3) is 0.294. The molecule has 6 heteroatoms. The lowest BCUT2D eigenvalue weighted by Gasteiger charge is -2.31. The first-order valence-corrected chi connectivity index (χ1v) is 9.92. The van der Waals surface area contributed by atoms with E-state index in [0.29, 0.717) is 23.7 Å². The molecule has 0 aliphatic carbocycles. The molecule has 0 fully saturated rings. The third-order valence-corrected chi connectivity index (χ3v) is 6.30. The molecule has 0 spiro atoms. The molecular formula is C17H17BrFNO2S. The Kier molecular flexibility index (Phi) is 4.73. The molecule has 0 unspecified atom stereocenters. The number of anilines is 1. The van der Waals surface area contributed by atoms with Crippen LogP contribution in [0.2, 0.25) is 0 Å². The number of halogens is 2. The van der Waals surface area contributed by atoms with Crippen molar-refractivity contribution in [3.05, 3.63) is 58.3 Å². The smallest absolute Gasteiger partial charge is 0.180 e. The highest BCUT2D eigenvalue weighted by molar-refractivity contribution is 9.10. The van der Waals surface area contributed by atoms with Gasteiger partial charge in [0.2, 0.25) is 0 Å². The summed E-state index contributed by atoms with van der Waals surface area (Å²) in [5.41, 5.74) is 1.52. The van der Waals surface area contributed by atoms with E-state index in [0.717, 1.165) is 22.9 Å². The van der Waals surface area contributed by atoms with Gasteiger partial charge in [-0.25, -0.2) is 12.8 Å². The maximum atomic E-state index is 14.1. The minimum absolute atomic E-state index is 0.0254. The summed E-state index contributed by atoms with van der Waals surface area (Å²) < 4.78 is 39.8. The van der Waals surface area contributed by atoms with Crippen LogP contribution in [-0.2, 0) is 16.3 Å². The van der Waals surface area contributed by atoms with Crippen molar-refractivity contribution in [1.82, 2.24) is 0 Å². The Morgan fingerprint density at radius 1 is 1.13 bits per heavy atom. The first-order chi connectivity index (χ1) is 11.0. The van der Waals surface area contributed by atoms with E-state index >= 15 is 0 Å². The van der Waals surface area contributed by atoms with Crippen molar-refractivity contribution in [3.8, 4) is 0 Å². The summed E-state index contributed by atoms with van der Waals surface area (Å²) in [6.07, 6.45) is 1.75. The van der Waals surface area contributed by atoms with E-state index in [9.17, 15) is 12.8 Å². The summed E-state index contributed by atoms with van der Waals surface area (Å²) in [6.45, 7) is 0.982. The predicted octanol–water partition coefficient (Wildman–Crippen LogP) is 3.81. The third kappa shape index (κ3) is 3.58. The fourth-order valence-electron chi connectivity index (χ4n) is 2.90. The molecule has 0 aromatic heterocycles. The Morgan fingerprint density at radius 2 is 1.87 bits per heavy atom. The SMILES string of the molecule is O=S(=O)(CCN1CCCc2cccc(F)c21)c1ccc(Br)cc1. The molecule has 0 bridgehead atoms. The van der Waals surface area contributed by atoms with Gasteiger partial charge >= 0.3 is 0 Å². The van der Waals surface area contributed by atoms with Crippen LogP contribution in [0.25, 0.3) is 0 Å². The number of hydrogen-bond acceptors (Lipinski definition) is 3. The zero-order valence-corrected chi connectivity index (χ0v) is 14.9. The van der Waals surface area contributed by atoms with Crippen LogP contribution in [0.5, 0.6) is 0 Å². The monoisotopic (exact) mass is 397 g/mol. The molecule has 2 aromatic rings. The highest BCUT2D eigenvalue weighted by Gasteiger charge is 2.23. The molecule has 0 amide bonds. The van der Waals surface area contributed by atoms with E-state index in [-0.39, 0.29) is 11.6 Å². The summed E-state index contributed by atoms with van der Waals surface area (Å²) >= 11 is 3.29. The van der Waals surface area contributed by atoms with Crippen molar-refractivity contribution in [2.45, 2.75) is 17.7 Å². The molecular weight excluding hydrogens is 381 g/mol. The van der Waals surface area contributed by atoms with Crippen molar-refractivity contribution in [2.75, 3.05) is 23.7 Å². The van der Waals surface area contributed by atoms with Crippen molar-refractivity contribution in [3.63, 3.8) is 0 Å². The van der Waals surface area contributed by atoms with Crippen molar-refractivity contribution < 1.29 is 12.8 Å². The van der Waals surface area contributed by atoms with E-state index in [1.165, 1.54) is 6.07 Å². The lowest BCUT2D eigenvalue weighted by atomic mass is 10.0. The summed E-state index contributed by atoms with van der Waals surface area (Å²) in [4.78, 5) is 2.15. The number of benzene rings is 2. The first kappa shape index (κ1) is 16.5. The number of rotatable bonds is 4. The van der Waals surface area contributed by atoms with E-state index in [2.05, 4.69) is 15.9 Å². The van der Waals surface area contributed by atoms with E-state index < -0.39 is 9.84 Å². The van der Waals surface area contributed by atoms with Crippen LogP contribution in [0.15, 0.2) is 51.8 Å². The largest absolute Gasteiger partial charge is 0.368 e. The van der Waals surface area contributed by atoms with Gasteiger partial charge in [-0.1, -0.05) is 28.1 Å². The minimum atomic E-state index is -3.38. The Bertz CT molecular complexity index is 806. The molecule has 0 saturated heterocycles. The van der Waals surface area contributed by atoms with Crippen LogP contribution in [0, 0.1) is 5.82 Å². The molecule has 23 heavy (non-hydrogen) atoms. The highest BCUT2D eigenvalue weighted by atomic mass is 79.9. The fourth-order valence-corrected chi connectivity index (χ4v) is 4.41. The Hall–Kier alpha value is -1.40. The molecule has 0 radical (unpaired) electrons. The zero-order valence-electron chi connectivity index (χ0n) is 12.5. The maximum Gasteiger partial charge on any atom is 0.180 e. The van der Waals surface area contributed by atoms with Crippen molar-refractivity contribution >= 4 is 31.5 Å². The second-order valence-electron chi connectivity index (χ2n) is 5.61. The van der Waals surface area contributed by atoms with E-state index in [1.54, 1.807) is 30.3 Å². The van der Waals surface area contributed by atoms with Crippen molar-refractivity contribution in [1.29, 1.82) is 0 Å². The van der Waals surface area contributed by atoms with Crippen molar-refractivity contribution in [2.24, 2.45) is 0 Å². The molecule has 3 rings (SSSR count). The summed E-state index contributed by atoms with van der Waals surface area (Å²) in [6, 6.07) is 11.6. The van der Waals surface area contributed by atoms with Gasteiger partial charge in [0, 0.05) is 17.6 Å². The number of sulfone groups is 1. The number of nitrogens with zero attached hydrogens (tertiary/aromatic N) is 1. The molecule has 0 saturated carbocycles. The predicted molar refractivity (Wildman–Crippen MR) is 93.1 cm³/mol. The first-order valence-electron chi connectivity index (χ1n) is 7.48. The molecule has 0 N–H and O–H groups in total. The van der Waals surface area contributed by atoms with Gasteiger partial charge in [-0.15, -0.1) is 0 Å². The molecule has 1 aliphatic rings. The van der Waals surface area contributed by atoms with E-state index in [4.69, 9.17) is 0 Å². The van der Waals surface area contributed by atoms with Crippen LogP contribution in [0.3, 0.4) is 0 Å². The van der Waals surface area contributed by atoms with E-state index in [1.807, 2.05) is 11.0 Å². The standard InChI is InChI=1S/C17H17BrFNO2S/c18-14-6-8-15(9-7-14)23(21,22)12-11-20-10-2-4-13-3-1-5-16(19)17(13)20/h1,3,5-9H,2,4,10-12H2. The molecule has 3 nitrogen and oxygen atoms in total. The minimum Gasteiger partial charge on any atom is -0.368 e. The molecule has 1 aliphatic heterocycles. The molecule has 122 valence electrons. The van der Waals surface area contributed by atoms with Crippen LogP contribution in [-0.4, -0.2) is 27.3 Å². The lowest BCUT2D eigenvalue weighted by molar-refractivity contribution is 0.585. The molecule has 2 aromatic carbocycles. The Morgan fingerprint density at radius 3 is 2.61 bits per heavy atom. The number of aryl methyl sites for hydroxylation is 1. The third-order valence-electron chi connectivity index (χ3n) is 4.06. The normalized spacial score (nSPS) is 14.6. The number of hydrogen-bond donors (Lipinski definition) is 0. The average molecular weight is 398 g/mol. The van der Waals surface area contributed by atoms with Crippen LogP contribution >= 0.6 is 15.9 Å². The summed E-state index contributed by atoms with van der Waals surface area (Å²) in [5.74, 6) is -0.300. The highest BCUT2D eigenvalue weighted by Crippen LogP contribution is 2.30. The van der Waals surface area contributed by atoms with Gasteiger partial charge in [0.05, 0.1) is 16.3 Å². The van der Waals surface area contributed by atoms with Gasteiger partial charge in [0.1, 0.15) is 5.82 Å². The van der Waals surface area contributed by atoms with Gasteiger partial charge in [-0.05, 0) is 48.7 Å². The van der Waals surface area contributed by atoms with Gasteiger partial charge < -0.3 is 4.90 Å². The Labute approximate surface area is 144 Å². The van der Waals surface area contributed by atoms with Gasteiger partial charge in [-0.2, -0.15) is 0 Å². The molecule has 1 heterocycles.